The van der Waals surface area contributed by atoms with E-state index in [1.807, 2.05) is 6.07 Å². The van der Waals surface area contributed by atoms with Crippen molar-refractivity contribution in [1.82, 2.24) is 9.55 Å². The van der Waals surface area contributed by atoms with E-state index in [0.717, 1.165) is 5.69 Å². The van der Waals surface area contributed by atoms with Gasteiger partial charge >= 0.3 is 5.82 Å². The summed E-state index contributed by atoms with van der Waals surface area (Å²) in [4.78, 5) is 13.5. The Hall–Kier alpha value is -2.17. The summed E-state index contributed by atoms with van der Waals surface area (Å²) in [6, 6.07) is 9.99. The van der Waals surface area contributed by atoms with Crippen molar-refractivity contribution in [2.75, 3.05) is 0 Å². The fraction of sp³-hybridized carbons (Fsp3) is 0. The van der Waals surface area contributed by atoms with Crippen LogP contribution in [-0.4, -0.2) is 14.5 Å². The second-order valence-electron chi connectivity index (χ2n) is 2.66. The number of rotatable bonds is 2. The van der Waals surface area contributed by atoms with Gasteiger partial charge in [-0.1, -0.05) is 12.1 Å². The summed E-state index contributed by atoms with van der Waals surface area (Å²) in [6.45, 7) is 0. The van der Waals surface area contributed by atoms with Crippen molar-refractivity contribution in [1.29, 1.82) is 0 Å². The molecule has 2 rings (SSSR count). The van der Waals surface area contributed by atoms with Crippen LogP contribution >= 0.6 is 0 Å². The molecular weight excluding hydrogens is 182 g/mol. The van der Waals surface area contributed by atoms with Crippen molar-refractivity contribution in [3.05, 3.63) is 53.0 Å². The van der Waals surface area contributed by atoms with E-state index in [4.69, 9.17) is 0 Å². The first kappa shape index (κ1) is 8.43. The van der Waals surface area contributed by atoms with E-state index in [2.05, 4.69) is 11.1 Å². The van der Waals surface area contributed by atoms with Gasteiger partial charge in [-0.25, -0.2) is 0 Å². The molecule has 0 aliphatic rings. The number of hydrogen-bond acceptors (Lipinski definition) is 3. The lowest BCUT2D eigenvalue weighted by molar-refractivity contribution is -0.389. The number of nitro groups is 1. The molecule has 0 saturated carbocycles. The Kier molecular flexibility index (Phi) is 1.98. The van der Waals surface area contributed by atoms with Crippen LogP contribution in [0.2, 0.25) is 0 Å². The van der Waals surface area contributed by atoms with Gasteiger partial charge in [0, 0.05) is 5.69 Å². The lowest BCUT2D eigenvalue weighted by atomic mass is 10.3. The normalized spacial score (nSPS) is 10.0. The number of benzene rings is 1. The molecule has 5 nitrogen and oxygen atoms in total. The molecule has 69 valence electrons. The summed E-state index contributed by atoms with van der Waals surface area (Å²) in [6.07, 6.45) is 2.77. The van der Waals surface area contributed by atoms with Gasteiger partial charge in [-0.05, 0) is 28.1 Å². The molecule has 0 saturated heterocycles. The number of nitrogens with zero attached hydrogens (tertiary/aromatic N) is 3. The summed E-state index contributed by atoms with van der Waals surface area (Å²) >= 11 is 0. The molecule has 0 fully saturated rings. The highest BCUT2D eigenvalue weighted by Gasteiger charge is 2.09. The molecule has 5 heteroatoms. The Bertz CT molecular complexity index is 450. The van der Waals surface area contributed by atoms with Crippen LogP contribution in [0.5, 0.6) is 0 Å². The lowest BCUT2D eigenvalue weighted by Crippen LogP contribution is -1.89. The number of aromatic nitrogens is 2. The first-order valence-corrected chi connectivity index (χ1v) is 3.92. The summed E-state index contributed by atoms with van der Waals surface area (Å²) in [5.74, 6) is -0.158. The van der Waals surface area contributed by atoms with Crippen molar-refractivity contribution in [3.63, 3.8) is 0 Å². The Morgan fingerprint density at radius 1 is 1.57 bits per heavy atom. The van der Waals surface area contributed by atoms with Gasteiger partial charge in [0.05, 0.1) is 0 Å². The second kappa shape index (κ2) is 3.29. The fourth-order valence-electron chi connectivity index (χ4n) is 1.09. The molecule has 0 aliphatic carbocycles. The van der Waals surface area contributed by atoms with Crippen LogP contribution in [-0.2, 0) is 0 Å². The van der Waals surface area contributed by atoms with Gasteiger partial charge in [-0.3, -0.25) is 4.57 Å². The smallest absolute Gasteiger partial charge is 0.358 e. The molecule has 0 aliphatic heterocycles. The molecule has 0 amide bonds. The van der Waals surface area contributed by atoms with Gasteiger partial charge in [0.2, 0.25) is 6.33 Å². The SMILES string of the molecule is O=[N+]([O-])c1cn(-c2c[c]ccc2)cn1. The highest BCUT2D eigenvalue weighted by atomic mass is 16.6. The van der Waals surface area contributed by atoms with Crippen LogP contribution in [0.1, 0.15) is 0 Å². The van der Waals surface area contributed by atoms with E-state index in [0.29, 0.717) is 0 Å². The highest BCUT2D eigenvalue weighted by Crippen LogP contribution is 2.11. The van der Waals surface area contributed by atoms with Gasteiger partial charge in [0.1, 0.15) is 6.20 Å². The molecule has 2 aromatic rings. The van der Waals surface area contributed by atoms with Crippen LogP contribution < -0.4 is 0 Å². The fourth-order valence-corrected chi connectivity index (χ4v) is 1.09. The molecule has 0 N–H and O–H groups in total. The Balaban J connectivity index is 2.39. The molecule has 0 unspecified atom stereocenters. The molecule has 0 spiro atoms. The zero-order valence-corrected chi connectivity index (χ0v) is 7.12. The van der Waals surface area contributed by atoms with Gasteiger partial charge < -0.3 is 10.1 Å². The molecule has 1 aromatic heterocycles. The highest BCUT2D eigenvalue weighted by molar-refractivity contribution is 5.33. The van der Waals surface area contributed by atoms with E-state index in [1.165, 1.54) is 12.5 Å². The van der Waals surface area contributed by atoms with Crippen molar-refractivity contribution in [3.8, 4) is 5.69 Å². The van der Waals surface area contributed by atoms with Crippen molar-refractivity contribution >= 4 is 5.82 Å². The zero-order chi connectivity index (χ0) is 9.97. The van der Waals surface area contributed by atoms with Crippen LogP contribution in [0.4, 0.5) is 5.82 Å². The third kappa shape index (κ3) is 1.47. The minimum absolute atomic E-state index is 0.158. The maximum Gasteiger partial charge on any atom is 0.381 e. The molecular formula is C9H6N3O2. The molecule has 0 atom stereocenters. The lowest BCUT2D eigenvalue weighted by Gasteiger charge is -1.96. The standard InChI is InChI=1S/C9H6N3O2/c13-12(14)9-6-11(7-10-9)8-4-2-1-3-5-8/h1-2,4-7H. The quantitative estimate of drug-likeness (QED) is 0.531. The Morgan fingerprint density at radius 3 is 3.00 bits per heavy atom. The van der Waals surface area contributed by atoms with Crippen LogP contribution in [0.25, 0.3) is 5.69 Å². The first-order valence-electron chi connectivity index (χ1n) is 3.92. The molecule has 14 heavy (non-hydrogen) atoms. The predicted molar refractivity (Wildman–Crippen MR) is 49.1 cm³/mol. The van der Waals surface area contributed by atoms with E-state index in [1.54, 1.807) is 22.8 Å². The van der Waals surface area contributed by atoms with Crippen LogP contribution in [0, 0.1) is 16.2 Å². The Morgan fingerprint density at radius 2 is 2.43 bits per heavy atom. The van der Waals surface area contributed by atoms with Crippen LogP contribution in [0.3, 0.4) is 0 Å². The van der Waals surface area contributed by atoms with Crippen LogP contribution in [0.15, 0.2) is 36.8 Å². The van der Waals surface area contributed by atoms with Gasteiger partial charge in [0.15, 0.2) is 0 Å². The van der Waals surface area contributed by atoms with Gasteiger partial charge in [-0.2, -0.15) is 0 Å². The van der Waals surface area contributed by atoms with Crippen molar-refractivity contribution in [2.24, 2.45) is 0 Å². The minimum atomic E-state index is -0.525. The summed E-state index contributed by atoms with van der Waals surface area (Å²) < 4.78 is 1.58. The monoisotopic (exact) mass is 188 g/mol. The van der Waals surface area contributed by atoms with E-state index in [9.17, 15) is 10.1 Å². The summed E-state index contributed by atoms with van der Waals surface area (Å²) in [5, 5.41) is 10.4. The van der Waals surface area contributed by atoms with Crippen molar-refractivity contribution in [2.45, 2.75) is 0 Å². The van der Waals surface area contributed by atoms with Crippen molar-refractivity contribution < 1.29 is 4.92 Å². The third-order valence-corrected chi connectivity index (χ3v) is 1.74. The predicted octanol–water partition coefficient (Wildman–Crippen LogP) is 1.58. The second-order valence-corrected chi connectivity index (χ2v) is 2.66. The first-order chi connectivity index (χ1) is 6.77. The average Bonchev–Trinajstić information content (AvgIpc) is 2.68. The van der Waals surface area contributed by atoms with Gasteiger partial charge in [0.25, 0.3) is 0 Å². The van der Waals surface area contributed by atoms with E-state index >= 15 is 0 Å². The third-order valence-electron chi connectivity index (χ3n) is 1.74. The number of imidazole rings is 1. The number of hydrogen-bond donors (Lipinski definition) is 0. The zero-order valence-electron chi connectivity index (χ0n) is 7.12. The minimum Gasteiger partial charge on any atom is -0.358 e. The van der Waals surface area contributed by atoms with Gasteiger partial charge in [-0.15, -0.1) is 0 Å². The maximum atomic E-state index is 10.4. The summed E-state index contributed by atoms with van der Waals surface area (Å²) in [7, 11) is 0. The average molecular weight is 188 g/mol. The maximum absolute atomic E-state index is 10.4. The molecule has 1 radical (unpaired) electrons. The molecule has 1 heterocycles. The molecule has 0 bridgehead atoms. The van der Waals surface area contributed by atoms with E-state index in [-0.39, 0.29) is 5.82 Å². The molecule has 1 aromatic carbocycles. The van der Waals surface area contributed by atoms with E-state index < -0.39 is 4.92 Å². The topological polar surface area (TPSA) is 61.0 Å². The summed E-state index contributed by atoms with van der Waals surface area (Å²) in [5.41, 5.74) is 0.799. The Labute approximate surface area is 79.8 Å². The largest absolute Gasteiger partial charge is 0.381 e.